The van der Waals surface area contributed by atoms with E-state index in [4.69, 9.17) is 33.0 Å². The topological polar surface area (TPSA) is 46.5 Å². The number of carboxylic acids is 1. The summed E-state index contributed by atoms with van der Waals surface area (Å²) in [7, 11) is 0. The number of hydrogen-bond acceptors (Lipinski definition) is 2. The molecule has 2 aromatic carbocycles. The lowest BCUT2D eigenvalue weighted by molar-refractivity contribution is 0.0696. The third-order valence-corrected chi connectivity index (χ3v) is 3.26. The van der Waals surface area contributed by atoms with Crippen LogP contribution in [0.1, 0.15) is 21.5 Å². The van der Waals surface area contributed by atoms with Crippen LogP contribution in [0.25, 0.3) is 0 Å². The van der Waals surface area contributed by atoms with Gasteiger partial charge in [-0.05, 0) is 48.4 Å². The van der Waals surface area contributed by atoms with Gasteiger partial charge in [-0.1, -0.05) is 29.3 Å². The van der Waals surface area contributed by atoms with Crippen molar-refractivity contribution in [2.45, 2.75) is 13.5 Å². The second-order valence-electron chi connectivity index (χ2n) is 4.34. The molecule has 0 unspecified atom stereocenters. The number of carbonyl (C=O) groups is 1. The Kier molecular flexibility index (Phi) is 4.53. The summed E-state index contributed by atoms with van der Waals surface area (Å²) >= 11 is 11.8. The lowest BCUT2D eigenvalue weighted by atomic mass is 10.1. The Morgan fingerprint density at radius 2 is 1.80 bits per heavy atom. The molecule has 20 heavy (non-hydrogen) atoms. The van der Waals surface area contributed by atoms with Gasteiger partial charge >= 0.3 is 5.97 Å². The highest BCUT2D eigenvalue weighted by atomic mass is 35.5. The predicted octanol–water partition coefficient (Wildman–Crippen LogP) is 4.58. The molecule has 104 valence electrons. The lowest BCUT2D eigenvalue weighted by Gasteiger charge is -2.10. The van der Waals surface area contributed by atoms with Crippen LogP contribution in [0, 0.1) is 6.92 Å². The minimum Gasteiger partial charge on any atom is -0.489 e. The van der Waals surface area contributed by atoms with E-state index >= 15 is 0 Å². The van der Waals surface area contributed by atoms with Gasteiger partial charge in [-0.25, -0.2) is 4.79 Å². The molecule has 0 aliphatic rings. The summed E-state index contributed by atoms with van der Waals surface area (Å²) in [6.45, 7) is 2.17. The maximum absolute atomic E-state index is 10.9. The van der Waals surface area contributed by atoms with Crippen LogP contribution in [-0.2, 0) is 6.61 Å². The van der Waals surface area contributed by atoms with Gasteiger partial charge in [-0.15, -0.1) is 0 Å². The fourth-order valence-electron chi connectivity index (χ4n) is 1.76. The Morgan fingerprint density at radius 3 is 2.35 bits per heavy atom. The maximum atomic E-state index is 10.9. The molecule has 0 radical (unpaired) electrons. The Balaban J connectivity index is 2.12. The minimum absolute atomic E-state index is 0.261. The van der Waals surface area contributed by atoms with E-state index in [1.165, 1.54) is 0 Å². The van der Waals surface area contributed by atoms with Gasteiger partial charge in [0.1, 0.15) is 12.4 Å². The molecule has 0 heterocycles. The third-order valence-electron chi connectivity index (χ3n) is 2.82. The number of carboxylic acid groups (broad SMARTS) is 1. The van der Waals surface area contributed by atoms with Gasteiger partial charge in [0.05, 0.1) is 5.56 Å². The molecule has 5 heteroatoms. The number of benzene rings is 2. The SMILES string of the molecule is Cc1cc(C(=O)O)ccc1COc1cc(Cl)cc(Cl)c1. The lowest BCUT2D eigenvalue weighted by Crippen LogP contribution is -2.01. The van der Waals surface area contributed by atoms with E-state index in [-0.39, 0.29) is 5.56 Å². The molecular weight excluding hydrogens is 299 g/mol. The number of halogens is 2. The first-order valence-corrected chi connectivity index (χ1v) is 6.63. The molecule has 3 nitrogen and oxygen atoms in total. The first-order valence-electron chi connectivity index (χ1n) is 5.87. The fourth-order valence-corrected chi connectivity index (χ4v) is 2.27. The zero-order valence-corrected chi connectivity index (χ0v) is 12.2. The van der Waals surface area contributed by atoms with Gasteiger partial charge in [-0.3, -0.25) is 0 Å². The van der Waals surface area contributed by atoms with E-state index in [1.54, 1.807) is 36.4 Å². The molecule has 0 aliphatic heterocycles. The van der Waals surface area contributed by atoms with E-state index in [0.717, 1.165) is 11.1 Å². The molecule has 0 fully saturated rings. The van der Waals surface area contributed by atoms with Crippen LogP contribution in [0.3, 0.4) is 0 Å². The van der Waals surface area contributed by atoms with Gasteiger partial charge < -0.3 is 9.84 Å². The quantitative estimate of drug-likeness (QED) is 0.899. The number of aryl methyl sites for hydroxylation is 1. The summed E-state index contributed by atoms with van der Waals surface area (Å²) in [5.41, 5.74) is 2.03. The molecule has 0 aliphatic carbocycles. The van der Waals surface area contributed by atoms with Crippen molar-refractivity contribution in [3.05, 3.63) is 63.1 Å². The van der Waals surface area contributed by atoms with Gasteiger partial charge in [0.15, 0.2) is 0 Å². The standard InChI is InChI=1S/C15H12Cl2O3/c1-9-4-10(15(18)19)2-3-11(9)8-20-14-6-12(16)5-13(17)7-14/h2-7H,8H2,1H3,(H,18,19). The molecule has 0 atom stereocenters. The van der Waals surface area contributed by atoms with Gasteiger partial charge in [0.2, 0.25) is 0 Å². The smallest absolute Gasteiger partial charge is 0.335 e. The molecule has 2 aromatic rings. The highest BCUT2D eigenvalue weighted by Gasteiger charge is 2.07. The summed E-state index contributed by atoms with van der Waals surface area (Å²) in [5, 5.41) is 9.92. The summed E-state index contributed by atoms with van der Waals surface area (Å²) < 4.78 is 5.62. The Labute approximate surface area is 126 Å². The Bertz CT molecular complexity index is 633. The normalized spacial score (nSPS) is 10.3. The van der Waals surface area contributed by atoms with Crippen molar-refractivity contribution in [1.82, 2.24) is 0 Å². The van der Waals surface area contributed by atoms with Crippen molar-refractivity contribution in [3.63, 3.8) is 0 Å². The second kappa shape index (κ2) is 6.16. The molecule has 0 saturated heterocycles. The number of aromatic carboxylic acids is 1. The van der Waals surface area contributed by atoms with Crippen molar-refractivity contribution in [2.24, 2.45) is 0 Å². The van der Waals surface area contributed by atoms with Crippen LogP contribution in [0.5, 0.6) is 5.75 Å². The summed E-state index contributed by atoms with van der Waals surface area (Å²) in [6.07, 6.45) is 0. The highest BCUT2D eigenvalue weighted by molar-refractivity contribution is 6.34. The predicted molar refractivity (Wildman–Crippen MR) is 78.9 cm³/mol. The van der Waals surface area contributed by atoms with Gasteiger partial charge in [0.25, 0.3) is 0 Å². The van der Waals surface area contributed by atoms with Crippen molar-refractivity contribution in [1.29, 1.82) is 0 Å². The van der Waals surface area contributed by atoms with E-state index in [9.17, 15) is 4.79 Å². The van der Waals surface area contributed by atoms with Crippen molar-refractivity contribution in [2.75, 3.05) is 0 Å². The Morgan fingerprint density at radius 1 is 1.15 bits per heavy atom. The molecular formula is C15H12Cl2O3. The fraction of sp³-hybridized carbons (Fsp3) is 0.133. The molecule has 2 rings (SSSR count). The summed E-state index contributed by atoms with van der Waals surface area (Å²) in [4.78, 5) is 10.9. The molecule has 0 saturated carbocycles. The molecule has 0 bridgehead atoms. The van der Waals surface area contributed by atoms with Crippen LogP contribution in [0.4, 0.5) is 0 Å². The van der Waals surface area contributed by atoms with Crippen LogP contribution < -0.4 is 4.74 Å². The number of ether oxygens (including phenoxy) is 1. The molecule has 1 N–H and O–H groups in total. The maximum Gasteiger partial charge on any atom is 0.335 e. The monoisotopic (exact) mass is 310 g/mol. The number of hydrogen-bond donors (Lipinski definition) is 1. The first-order chi connectivity index (χ1) is 9.45. The largest absolute Gasteiger partial charge is 0.489 e. The zero-order valence-electron chi connectivity index (χ0n) is 10.7. The summed E-state index contributed by atoms with van der Waals surface area (Å²) in [6, 6.07) is 9.89. The van der Waals surface area contributed by atoms with Crippen LogP contribution in [0.15, 0.2) is 36.4 Å². The Hall–Kier alpha value is -1.71. The first kappa shape index (κ1) is 14.7. The van der Waals surface area contributed by atoms with E-state index in [0.29, 0.717) is 22.4 Å². The zero-order chi connectivity index (χ0) is 14.7. The third kappa shape index (κ3) is 3.65. The highest BCUT2D eigenvalue weighted by Crippen LogP contribution is 2.25. The van der Waals surface area contributed by atoms with Crippen molar-refractivity contribution in [3.8, 4) is 5.75 Å². The average molecular weight is 311 g/mol. The van der Waals surface area contributed by atoms with Crippen molar-refractivity contribution < 1.29 is 14.6 Å². The molecule has 0 aromatic heterocycles. The minimum atomic E-state index is -0.942. The van der Waals surface area contributed by atoms with Crippen LogP contribution in [0.2, 0.25) is 10.0 Å². The van der Waals surface area contributed by atoms with Gasteiger partial charge in [-0.2, -0.15) is 0 Å². The molecule has 0 amide bonds. The molecule has 0 spiro atoms. The van der Waals surface area contributed by atoms with E-state index < -0.39 is 5.97 Å². The van der Waals surface area contributed by atoms with E-state index in [1.807, 2.05) is 6.92 Å². The summed E-state index contributed by atoms with van der Waals surface area (Å²) in [5.74, 6) is -0.369. The van der Waals surface area contributed by atoms with Gasteiger partial charge in [0, 0.05) is 10.0 Å². The van der Waals surface area contributed by atoms with Crippen molar-refractivity contribution >= 4 is 29.2 Å². The second-order valence-corrected chi connectivity index (χ2v) is 5.21. The van der Waals surface area contributed by atoms with E-state index in [2.05, 4.69) is 0 Å². The number of rotatable bonds is 4. The average Bonchev–Trinajstić information content (AvgIpc) is 2.36. The van der Waals surface area contributed by atoms with Crippen LogP contribution >= 0.6 is 23.2 Å². The van der Waals surface area contributed by atoms with Crippen LogP contribution in [-0.4, -0.2) is 11.1 Å².